The number of amides is 1. The number of hydrogen-bond donors (Lipinski definition) is 1. The molecule has 2 aromatic carbocycles. The summed E-state index contributed by atoms with van der Waals surface area (Å²) in [6.07, 6.45) is 1.50. The lowest BCUT2D eigenvalue weighted by Crippen LogP contribution is -2.35. The maximum atomic E-state index is 12.0. The summed E-state index contributed by atoms with van der Waals surface area (Å²) in [6.45, 7) is 3.19. The molecule has 0 unspecified atom stereocenters. The van der Waals surface area contributed by atoms with Crippen LogP contribution >= 0.6 is 0 Å². The number of hydrogen-bond acceptors (Lipinski definition) is 4. The van der Waals surface area contributed by atoms with Crippen molar-refractivity contribution in [1.29, 1.82) is 0 Å². The van der Waals surface area contributed by atoms with Gasteiger partial charge in [-0.2, -0.15) is 0 Å². The average Bonchev–Trinajstić information content (AvgIpc) is 3.38. The molecule has 0 radical (unpaired) electrons. The summed E-state index contributed by atoms with van der Waals surface area (Å²) >= 11 is 0. The second-order valence-corrected chi connectivity index (χ2v) is 7.96. The molecule has 6 rings (SSSR count). The Morgan fingerprint density at radius 1 is 1.17 bits per heavy atom. The van der Waals surface area contributed by atoms with E-state index in [1.165, 1.54) is 16.3 Å². The number of pyridine rings is 1. The molecule has 0 bridgehead atoms. The van der Waals surface area contributed by atoms with Crippen LogP contribution in [-0.4, -0.2) is 34.1 Å². The molecular formula is C24H21N3O3. The molecule has 150 valence electrons. The van der Waals surface area contributed by atoms with Crippen molar-refractivity contribution in [3.05, 3.63) is 65.0 Å². The molecule has 1 amide bonds. The highest BCUT2D eigenvalue weighted by molar-refractivity contribution is 6.10. The third-order valence-electron chi connectivity index (χ3n) is 6.14. The van der Waals surface area contributed by atoms with Gasteiger partial charge in [-0.05, 0) is 35.7 Å². The van der Waals surface area contributed by atoms with Crippen LogP contribution in [0.5, 0.6) is 11.5 Å². The number of carbonyl (C=O) groups excluding carboxylic acids is 1. The summed E-state index contributed by atoms with van der Waals surface area (Å²) in [5.74, 6) is 1.66. The van der Waals surface area contributed by atoms with Crippen molar-refractivity contribution in [2.75, 3.05) is 13.3 Å². The highest BCUT2D eigenvalue weighted by Crippen LogP contribution is 2.36. The number of fused-ring (bicyclic) bond motifs is 6. The molecule has 0 saturated heterocycles. The number of rotatable bonds is 2. The second-order valence-electron chi connectivity index (χ2n) is 7.96. The van der Waals surface area contributed by atoms with Gasteiger partial charge in [-0.15, -0.1) is 0 Å². The van der Waals surface area contributed by atoms with Gasteiger partial charge in [0.15, 0.2) is 11.5 Å². The molecule has 6 heteroatoms. The molecule has 0 fully saturated rings. The Bertz CT molecular complexity index is 1320. The predicted molar refractivity (Wildman–Crippen MR) is 114 cm³/mol. The molecule has 30 heavy (non-hydrogen) atoms. The summed E-state index contributed by atoms with van der Waals surface area (Å²) in [6, 6.07) is 14.4. The number of nitrogens with one attached hydrogen (secondary N) is 1. The van der Waals surface area contributed by atoms with E-state index in [1.54, 1.807) is 6.92 Å². The number of nitrogens with zero attached hydrogens (tertiary/aromatic N) is 2. The Labute approximate surface area is 173 Å². The van der Waals surface area contributed by atoms with Gasteiger partial charge in [0, 0.05) is 36.2 Å². The summed E-state index contributed by atoms with van der Waals surface area (Å²) in [5, 5.41) is 2.46. The SMILES string of the molecule is CC(=O)N1CCc2c(nc(Cc3ccc4c(c3)OCO4)c3[nH]c4ccccc4c23)C1. The van der Waals surface area contributed by atoms with E-state index in [4.69, 9.17) is 14.5 Å². The zero-order valence-corrected chi connectivity index (χ0v) is 16.7. The Morgan fingerprint density at radius 3 is 2.93 bits per heavy atom. The van der Waals surface area contributed by atoms with Crippen LogP contribution in [-0.2, 0) is 24.2 Å². The van der Waals surface area contributed by atoms with E-state index >= 15 is 0 Å². The number of carbonyl (C=O) groups is 1. The lowest BCUT2D eigenvalue weighted by atomic mass is 9.96. The monoisotopic (exact) mass is 399 g/mol. The van der Waals surface area contributed by atoms with Crippen LogP contribution in [0.3, 0.4) is 0 Å². The Hall–Kier alpha value is -3.54. The summed E-state index contributed by atoms with van der Waals surface area (Å²) in [4.78, 5) is 22.5. The minimum atomic E-state index is 0.0961. The first kappa shape index (κ1) is 17.3. The molecule has 2 aliphatic heterocycles. The van der Waals surface area contributed by atoms with Crippen molar-refractivity contribution in [2.45, 2.75) is 26.3 Å². The standard InChI is InChI=1S/C24H21N3O3/c1-14(28)27-9-8-17-20(12-27)25-19(10-15-6-7-21-22(11-15)30-13-29-21)24-23(17)16-4-2-3-5-18(16)26-24/h2-7,11,26H,8-10,12-13H2,1H3. The van der Waals surface area contributed by atoms with Gasteiger partial charge in [0.05, 0.1) is 23.4 Å². The summed E-state index contributed by atoms with van der Waals surface area (Å²) in [5.41, 5.74) is 6.57. The van der Waals surface area contributed by atoms with Crippen LogP contribution in [0.25, 0.3) is 21.8 Å². The van der Waals surface area contributed by atoms with Crippen molar-refractivity contribution in [2.24, 2.45) is 0 Å². The lowest BCUT2D eigenvalue weighted by molar-refractivity contribution is -0.129. The quantitative estimate of drug-likeness (QED) is 0.554. The molecular weight excluding hydrogens is 378 g/mol. The van der Waals surface area contributed by atoms with Crippen LogP contribution in [0.4, 0.5) is 0 Å². The molecule has 4 heterocycles. The Kier molecular flexibility index (Phi) is 3.75. The van der Waals surface area contributed by atoms with E-state index in [2.05, 4.69) is 29.2 Å². The molecule has 6 nitrogen and oxygen atoms in total. The van der Waals surface area contributed by atoms with Gasteiger partial charge in [-0.1, -0.05) is 24.3 Å². The van der Waals surface area contributed by atoms with E-state index in [-0.39, 0.29) is 12.7 Å². The van der Waals surface area contributed by atoms with Crippen LogP contribution < -0.4 is 9.47 Å². The lowest BCUT2D eigenvalue weighted by Gasteiger charge is -2.28. The first-order valence-electron chi connectivity index (χ1n) is 10.2. The Balaban J connectivity index is 1.53. The fourth-order valence-corrected chi connectivity index (χ4v) is 4.65. The number of para-hydroxylation sites is 1. The fraction of sp³-hybridized carbons (Fsp3) is 0.250. The summed E-state index contributed by atoms with van der Waals surface area (Å²) < 4.78 is 11.0. The minimum Gasteiger partial charge on any atom is -0.454 e. The maximum absolute atomic E-state index is 12.0. The number of benzene rings is 2. The van der Waals surface area contributed by atoms with Crippen LogP contribution in [0.1, 0.15) is 29.4 Å². The zero-order valence-electron chi connectivity index (χ0n) is 16.7. The van der Waals surface area contributed by atoms with E-state index in [0.29, 0.717) is 13.0 Å². The largest absolute Gasteiger partial charge is 0.454 e. The van der Waals surface area contributed by atoms with Crippen molar-refractivity contribution in [3.8, 4) is 11.5 Å². The van der Waals surface area contributed by atoms with Gasteiger partial charge in [-0.25, -0.2) is 0 Å². The third kappa shape index (κ3) is 2.64. The van der Waals surface area contributed by atoms with E-state index in [9.17, 15) is 4.79 Å². The normalized spacial score (nSPS) is 15.0. The van der Waals surface area contributed by atoms with Gasteiger partial charge in [-0.3, -0.25) is 9.78 Å². The zero-order chi connectivity index (χ0) is 20.2. The molecule has 2 aromatic heterocycles. The van der Waals surface area contributed by atoms with Gasteiger partial charge < -0.3 is 19.4 Å². The number of aromatic nitrogens is 2. The van der Waals surface area contributed by atoms with E-state index < -0.39 is 0 Å². The smallest absolute Gasteiger partial charge is 0.231 e. The molecule has 0 atom stereocenters. The number of aromatic amines is 1. The highest BCUT2D eigenvalue weighted by atomic mass is 16.7. The molecule has 2 aliphatic rings. The van der Waals surface area contributed by atoms with Gasteiger partial charge >= 0.3 is 0 Å². The van der Waals surface area contributed by atoms with E-state index in [0.717, 1.165) is 52.4 Å². The molecule has 4 aromatic rings. The van der Waals surface area contributed by atoms with Crippen molar-refractivity contribution < 1.29 is 14.3 Å². The number of H-pyrrole nitrogens is 1. The maximum Gasteiger partial charge on any atom is 0.231 e. The van der Waals surface area contributed by atoms with Gasteiger partial charge in [0.25, 0.3) is 0 Å². The van der Waals surface area contributed by atoms with Gasteiger partial charge in [0.1, 0.15) is 0 Å². The van der Waals surface area contributed by atoms with Crippen LogP contribution in [0, 0.1) is 0 Å². The molecule has 0 saturated carbocycles. The number of ether oxygens (including phenoxy) is 2. The highest BCUT2D eigenvalue weighted by Gasteiger charge is 2.25. The molecule has 0 spiro atoms. The summed E-state index contributed by atoms with van der Waals surface area (Å²) in [7, 11) is 0. The third-order valence-corrected chi connectivity index (χ3v) is 6.14. The van der Waals surface area contributed by atoms with Crippen molar-refractivity contribution in [1.82, 2.24) is 14.9 Å². The minimum absolute atomic E-state index is 0.0961. The molecule has 1 N–H and O–H groups in total. The van der Waals surface area contributed by atoms with Crippen molar-refractivity contribution >= 4 is 27.7 Å². The second kappa shape index (κ2) is 6.49. The van der Waals surface area contributed by atoms with E-state index in [1.807, 2.05) is 23.1 Å². The van der Waals surface area contributed by atoms with Crippen LogP contribution in [0.15, 0.2) is 42.5 Å². The van der Waals surface area contributed by atoms with Crippen LogP contribution in [0.2, 0.25) is 0 Å². The fourth-order valence-electron chi connectivity index (χ4n) is 4.65. The average molecular weight is 399 g/mol. The molecule has 0 aliphatic carbocycles. The Morgan fingerprint density at radius 2 is 2.03 bits per heavy atom. The van der Waals surface area contributed by atoms with Gasteiger partial charge in [0.2, 0.25) is 12.7 Å². The first-order chi connectivity index (χ1) is 14.7. The van der Waals surface area contributed by atoms with Crippen molar-refractivity contribution in [3.63, 3.8) is 0 Å². The topological polar surface area (TPSA) is 67.5 Å². The predicted octanol–water partition coefficient (Wildman–Crippen LogP) is 3.94. The first-order valence-corrected chi connectivity index (χ1v) is 10.2.